The van der Waals surface area contributed by atoms with E-state index in [1.807, 2.05) is 0 Å². The van der Waals surface area contributed by atoms with Crippen molar-refractivity contribution in [3.8, 4) is 11.5 Å². The average molecular weight is 508 g/mol. The van der Waals surface area contributed by atoms with Gasteiger partial charge in [-0.05, 0) is 38.5 Å². The molecule has 11 heteroatoms. The molecule has 2 aliphatic rings. The summed E-state index contributed by atoms with van der Waals surface area (Å²) >= 11 is 0. The molecule has 1 aliphatic heterocycles. The number of hydrogen-bond acceptors (Lipinski definition) is 10. The lowest BCUT2D eigenvalue weighted by Crippen LogP contribution is -2.65. The van der Waals surface area contributed by atoms with Gasteiger partial charge in [-0.25, -0.2) is 4.79 Å². The fourth-order valence-corrected chi connectivity index (χ4v) is 4.70. The summed E-state index contributed by atoms with van der Waals surface area (Å²) in [5.74, 6) is -1.96. The lowest BCUT2D eigenvalue weighted by molar-refractivity contribution is -0.201. The first-order chi connectivity index (χ1) is 16.8. The van der Waals surface area contributed by atoms with Crippen LogP contribution in [0.3, 0.4) is 0 Å². The second-order valence-corrected chi connectivity index (χ2v) is 9.89. The summed E-state index contributed by atoms with van der Waals surface area (Å²) in [6, 6.07) is 4.36. The van der Waals surface area contributed by atoms with Gasteiger partial charge in [0.2, 0.25) is 6.79 Å². The molecule has 0 aromatic heterocycles. The van der Waals surface area contributed by atoms with Crippen LogP contribution in [0.15, 0.2) is 18.2 Å². The molecule has 1 aromatic carbocycles. The molecule has 11 nitrogen and oxygen atoms in total. The zero-order valence-corrected chi connectivity index (χ0v) is 21.5. The fourth-order valence-electron chi connectivity index (χ4n) is 4.70. The molecule has 1 aromatic rings. The predicted octanol–water partition coefficient (Wildman–Crippen LogP) is 2.84. The molecule has 6 atom stereocenters. The Balaban J connectivity index is 2.13. The summed E-state index contributed by atoms with van der Waals surface area (Å²) in [6.07, 6.45) is -4.12. The van der Waals surface area contributed by atoms with Crippen molar-refractivity contribution in [3.05, 3.63) is 23.8 Å². The maximum Gasteiger partial charge on any atom is 0.408 e. The van der Waals surface area contributed by atoms with Crippen LogP contribution in [0.1, 0.15) is 59.9 Å². The Bertz CT molecular complexity index is 1020. The first-order valence-corrected chi connectivity index (χ1v) is 11.7. The van der Waals surface area contributed by atoms with Crippen LogP contribution in [0.4, 0.5) is 4.79 Å². The molecule has 0 bridgehead atoms. The van der Waals surface area contributed by atoms with Crippen molar-refractivity contribution in [2.75, 3.05) is 6.79 Å². The fraction of sp³-hybridized carbons (Fsp3) is 0.600. The predicted molar refractivity (Wildman–Crippen MR) is 124 cm³/mol. The minimum absolute atomic E-state index is 0.0687. The molecule has 36 heavy (non-hydrogen) atoms. The SMILES string of the molecule is CC(=O)O[C@@H]1[C@@H](OC(C)=O)[C@H](C)[C@H](c2ccc3c(c2)OCO3)[C@@H](NC(=O)OC(C)(C)C)[C@@H]1OC(C)=O. The van der Waals surface area contributed by atoms with E-state index in [1.54, 1.807) is 45.9 Å². The van der Waals surface area contributed by atoms with Crippen LogP contribution in [0.5, 0.6) is 11.5 Å². The molecule has 1 amide bonds. The third-order valence-electron chi connectivity index (χ3n) is 5.84. The van der Waals surface area contributed by atoms with Crippen molar-refractivity contribution in [3.63, 3.8) is 0 Å². The molecule has 1 N–H and O–H groups in total. The number of benzene rings is 1. The van der Waals surface area contributed by atoms with Crippen LogP contribution in [0.2, 0.25) is 0 Å². The Labute approximate surface area is 209 Å². The van der Waals surface area contributed by atoms with Crippen molar-refractivity contribution >= 4 is 24.0 Å². The maximum atomic E-state index is 12.9. The molecule has 0 spiro atoms. The highest BCUT2D eigenvalue weighted by molar-refractivity contribution is 5.70. The molecule has 1 saturated carbocycles. The monoisotopic (exact) mass is 507 g/mol. The third-order valence-corrected chi connectivity index (χ3v) is 5.84. The number of esters is 3. The maximum absolute atomic E-state index is 12.9. The second-order valence-electron chi connectivity index (χ2n) is 9.89. The van der Waals surface area contributed by atoms with E-state index in [-0.39, 0.29) is 6.79 Å². The van der Waals surface area contributed by atoms with Gasteiger partial charge in [0.25, 0.3) is 0 Å². The van der Waals surface area contributed by atoms with Gasteiger partial charge in [0.05, 0.1) is 6.04 Å². The summed E-state index contributed by atoms with van der Waals surface area (Å²) in [5, 5.41) is 2.81. The summed E-state index contributed by atoms with van der Waals surface area (Å²) in [4.78, 5) is 49.1. The van der Waals surface area contributed by atoms with Crippen molar-refractivity contribution in [2.45, 2.75) is 84.3 Å². The van der Waals surface area contributed by atoms with Crippen LogP contribution >= 0.6 is 0 Å². The Morgan fingerprint density at radius 1 is 0.861 bits per heavy atom. The number of amides is 1. The summed E-state index contributed by atoms with van der Waals surface area (Å²) in [5.41, 5.74) is -0.103. The Kier molecular flexibility index (Phi) is 8.00. The van der Waals surface area contributed by atoms with Gasteiger partial charge in [-0.3, -0.25) is 14.4 Å². The highest BCUT2D eigenvalue weighted by Crippen LogP contribution is 2.45. The molecule has 1 heterocycles. The molecule has 1 aliphatic carbocycles. The van der Waals surface area contributed by atoms with Crippen LogP contribution in [-0.4, -0.2) is 60.7 Å². The number of carbonyl (C=O) groups is 4. The number of alkyl carbamates (subject to hydrolysis) is 1. The van der Waals surface area contributed by atoms with Crippen molar-refractivity contribution < 1.29 is 47.6 Å². The standard InChI is InChI=1S/C25H33NO10/c1-12-19(16-8-9-17-18(10-16)32-11-31-17)20(26-24(30)36-25(5,6)7)22(34-14(3)28)23(35-15(4)29)21(12)33-13(2)27/h8-10,12,19-23H,11H2,1-7H3,(H,26,30)/t12-,19-,20-,21+,22+,23-/m1/s1. The lowest BCUT2D eigenvalue weighted by Gasteiger charge is -2.48. The van der Waals surface area contributed by atoms with E-state index < -0.39 is 65.8 Å². The Morgan fingerprint density at radius 2 is 1.42 bits per heavy atom. The molecule has 0 saturated heterocycles. The van der Waals surface area contributed by atoms with Gasteiger partial charge in [0.1, 0.15) is 11.7 Å². The molecular weight excluding hydrogens is 474 g/mol. The van der Waals surface area contributed by atoms with Gasteiger partial charge < -0.3 is 33.7 Å². The van der Waals surface area contributed by atoms with Gasteiger partial charge in [0, 0.05) is 32.6 Å². The van der Waals surface area contributed by atoms with Crippen LogP contribution < -0.4 is 14.8 Å². The van der Waals surface area contributed by atoms with E-state index in [1.165, 1.54) is 20.8 Å². The molecule has 0 unspecified atom stereocenters. The molecular formula is C25H33NO10. The van der Waals surface area contributed by atoms with Crippen LogP contribution in [-0.2, 0) is 33.3 Å². The zero-order chi connectivity index (χ0) is 26.8. The van der Waals surface area contributed by atoms with Crippen LogP contribution in [0.25, 0.3) is 0 Å². The average Bonchev–Trinajstić information content (AvgIpc) is 3.19. The van der Waals surface area contributed by atoms with E-state index in [2.05, 4.69) is 5.32 Å². The molecule has 198 valence electrons. The Morgan fingerprint density at radius 3 is 2.00 bits per heavy atom. The lowest BCUT2D eigenvalue weighted by atomic mass is 9.68. The third kappa shape index (κ3) is 6.38. The van der Waals surface area contributed by atoms with E-state index >= 15 is 0 Å². The van der Waals surface area contributed by atoms with Crippen molar-refractivity contribution in [1.29, 1.82) is 0 Å². The Hall–Kier alpha value is -3.50. The van der Waals surface area contributed by atoms with Gasteiger partial charge in [-0.2, -0.15) is 0 Å². The normalized spacial score (nSPS) is 27.0. The topological polar surface area (TPSA) is 136 Å². The number of rotatable bonds is 5. The molecule has 3 rings (SSSR count). The summed E-state index contributed by atoms with van der Waals surface area (Å²) in [7, 11) is 0. The van der Waals surface area contributed by atoms with Crippen molar-refractivity contribution in [1.82, 2.24) is 5.32 Å². The minimum atomic E-state index is -1.20. The summed E-state index contributed by atoms with van der Waals surface area (Å²) in [6.45, 7) is 10.6. The van der Waals surface area contributed by atoms with Gasteiger partial charge in [-0.15, -0.1) is 0 Å². The summed E-state index contributed by atoms with van der Waals surface area (Å²) < 4.78 is 33.2. The van der Waals surface area contributed by atoms with Gasteiger partial charge in [0.15, 0.2) is 23.7 Å². The first kappa shape index (κ1) is 27.1. The highest BCUT2D eigenvalue weighted by atomic mass is 16.7. The number of fused-ring (bicyclic) bond motifs is 1. The minimum Gasteiger partial charge on any atom is -0.458 e. The second kappa shape index (κ2) is 10.6. The molecule has 1 fully saturated rings. The quantitative estimate of drug-likeness (QED) is 0.468. The van der Waals surface area contributed by atoms with Crippen LogP contribution in [0, 0.1) is 5.92 Å². The first-order valence-electron chi connectivity index (χ1n) is 11.7. The number of nitrogens with one attached hydrogen (secondary N) is 1. The largest absolute Gasteiger partial charge is 0.458 e. The highest BCUT2D eigenvalue weighted by Gasteiger charge is 2.55. The van der Waals surface area contributed by atoms with E-state index in [0.717, 1.165) is 0 Å². The van der Waals surface area contributed by atoms with Gasteiger partial charge in [-0.1, -0.05) is 13.0 Å². The zero-order valence-electron chi connectivity index (χ0n) is 21.5. The van der Waals surface area contributed by atoms with Gasteiger partial charge >= 0.3 is 24.0 Å². The number of hydrogen-bond donors (Lipinski definition) is 1. The number of ether oxygens (including phenoxy) is 6. The smallest absolute Gasteiger partial charge is 0.408 e. The van der Waals surface area contributed by atoms with E-state index in [0.29, 0.717) is 17.1 Å². The van der Waals surface area contributed by atoms with E-state index in [4.69, 9.17) is 28.4 Å². The van der Waals surface area contributed by atoms with Crippen molar-refractivity contribution in [2.24, 2.45) is 5.92 Å². The molecule has 0 radical (unpaired) electrons. The van der Waals surface area contributed by atoms with E-state index in [9.17, 15) is 19.2 Å². The number of carbonyl (C=O) groups excluding carboxylic acids is 4.